The van der Waals surface area contributed by atoms with Gasteiger partial charge in [-0.2, -0.15) is 0 Å². The molecule has 0 spiro atoms. The molecular formula is C27H23FINO4S. The van der Waals surface area contributed by atoms with Crippen molar-refractivity contribution in [2.24, 2.45) is 0 Å². The van der Waals surface area contributed by atoms with Gasteiger partial charge < -0.3 is 9.47 Å². The van der Waals surface area contributed by atoms with Crippen LogP contribution < -0.4 is 9.47 Å². The molecule has 0 radical (unpaired) electrons. The second-order valence-corrected chi connectivity index (χ2v) is 9.87. The first kappa shape index (κ1) is 25.2. The van der Waals surface area contributed by atoms with Crippen LogP contribution in [-0.4, -0.2) is 29.2 Å². The zero-order chi connectivity index (χ0) is 24.8. The third-order valence-electron chi connectivity index (χ3n) is 5.30. The molecule has 0 bridgehead atoms. The fraction of sp³-hybridized carbons (Fsp3) is 0.185. The standard InChI is InChI=1S/C27H23FINO4S/c1-2-33-23-15-19(14-22(29)25(23)34-17-20-10-6-7-11-21(20)28)16-24-26(31)30(27(32)35-24)13-12-18-8-4-3-5-9-18/h3-11,14-16H,2,12-13,17H2,1H3/b24-16-. The highest BCUT2D eigenvalue weighted by molar-refractivity contribution is 14.1. The van der Waals surface area contributed by atoms with Gasteiger partial charge in [-0.3, -0.25) is 14.5 Å². The van der Waals surface area contributed by atoms with Crippen LogP contribution in [0.1, 0.15) is 23.6 Å². The van der Waals surface area contributed by atoms with Crippen LogP contribution in [0.25, 0.3) is 6.08 Å². The van der Waals surface area contributed by atoms with E-state index in [-0.39, 0.29) is 23.6 Å². The summed E-state index contributed by atoms with van der Waals surface area (Å²) in [5.74, 6) is 0.359. The average molecular weight is 603 g/mol. The Balaban J connectivity index is 1.52. The smallest absolute Gasteiger partial charge is 0.293 e. The third kappa shape index (κ3) is 6.24. The molecule has 180 valence electrons. The predicted molar refractivity (Wildman–Crippen MR) is 144 cm³/mol. The molecule has 0 saturated carbocycles. The number of hydrogen-bond acceptors (Lipinski definition) is 5. The topological polar surface area (TPSA) is 55.8 Å². The van der Waals surface area contributed by atoms with E-state index in [1.807, 2.05) is 43.3 Å². The molecule has 5 nitrogen and oxygen atoms in total. The summed E-state index contributed by atoms with van der Waals surface area (Å²) in [5.41, 5.74) is 2.22. The number of halogens is 2. The minimum absolute atomic E-state index is 0.0579. The Morgan fingerprint density at radius 2 is 1.77 bits per heavy atom. The van der Waals surface area contributed by atoms with Gasteiger partial charge in [-0.25, -0.2) is 4.39 Å². The van der Waals surface area contributed by atoms with Crippen molar-refractivity contribution in [2.45, 2.75) is 20.0 Å². The van der Waals surface area contributed by atoms with Crippen molar-refractivity contribution in [1.29, 1.82) is 0 Å². The second-order valence-electron chi connectivity index (χ2n) is 7.71. The van der Waals surface area contributed by atoms with Gasteiger partial charge in [0.1, 0.15) is 12.4 Å². The maximum absolute atomic E-state index is 14.0. The molecule has 0 aromatic heterocycles. The molecule has 0 aliphatic carbocycles. The van der Waals surface area contributed by atoms with Crippen LogP contribution in [-0.2, 0) is 17.8 Å². The molecule has 1 aliphatic rings. The van der Waals surface area contributed by atoms with Gasteiger partial charge in [-0.05, 0) is 83.1 Å². The first-order chi connectivity index (χ1) is 17.0. The fourth-order valence-electron chi connectivity index (χ4n) is 3.57. The first-order valence-corrected chi connectivity index (χ1v) is 13.0. The van der Waals surface area contributed by atoms with Crippen molar-refractivity contribution in [2.75, 3.05) is 13.2 Å². The Labute approximate surface area is 221 Å². The number of nitrogens with zero attached hydrogens (tertiary/aromatic N) is 1. The summed E-state index contributed by atoms with van der Waals surface area (Å²) < 4.78 is 26.4. The number of amides is 2. The summed E-state index contributed by atoms with van der Waals surface area (Å²) in [5, 5.41) is -0.276. The normalized spacial score (nSPS) is 14.6. The number of carbonyl (C=O) groups excluding carboxylic acids is 2. The molecule has 35 heavy (non-hydrogen) atoms. The van der Waals surface area contributed by atoms with Crippen LogP contribution in [0.3, 0.4) is 0 Å². The van der Waals surface area contributed by atoms with Crippen LogP contribution >= 0.6 is 34.4 Å². The van der Waals surface area contributed by atoms with E-state index in [0.717, 1.165) is 20.9 Å². The highest BCUT2D eigenvalue weighted by Gasteiger charge is 2.34. The maximum atomic E-state index is 14.0. The largest absolute Gasteiger partial charge is 0.490 e. The molecule has 3 aromatic carbocycles. The van der Waals surface area contributed by atoms with Gasteiger partial charge in [-0.15, -0.1) is 0 Å². The minimum Gasteiger partial charge on any atom is -0.490 e. The molecule has 0 unspecified atom stereocenters. The Morgan fingerprint density at radius 1 is 1.03 bits per heavy atom. The van der Waals surface area contributed by atoms with E-state index in [0.29, 0.717) is 47.1 Å². The van der Waals surface area contributed by atoms with Crippen molar-refractivity contribution >= 4 is 51.6 Å². The van der Waals surface area contributed by atoms with E-state index in [9.17, 15) is 14.0 Å². The molecule has 8 heteroatoms. The van der Waals surface area contributed by atoms with Crippen molar-refractivity contribution in [3.8, 4) is 11.5 Å². The molecule has 0 atom stereocenters. The quantitative estimate of drug-likeness (QED) is 0.202. The van der Waals surface area contributed by atoms with Gasteiger partial charge in [0.25, 0.3) is 11.1 Å². The Bertz CT molecular complexity index is 1270. The molecule has 4 rings (SSSR count). The van der Waals surface area contributed by atoms with Gasteiger partial charge in [0, 0.05) is 12.1 Å². The third-order valence-corrected chi connectivity index (χ3v) is 7.01. The molecule has 1 fully saturated rings. The number of hydrogen-bond donors (Lipinski definition) is 0. The van der Waals surface area contributed by atoms with Crippen LogP contribution in [0, 0.1) is 9.39 Å². The summed E-state index contributed by atoms with van der Waals surface area (Å²) in [7, 11) is 0. The van der Waals surface area contributed by atoms with Crippen LogP contribution in [0.4, 0.5) is 9.18 Å². The van der Waals surface area contributed by atoms with Gasteiger partial charge in [0.2, 0.25) is 0 Å². The summed E-state index contributed by atoms with van der Waals surface area (Å²) in [6, 6.07) is 19.8. The molecule has 1 heterocycles. The summed E-state index contributed by atoms with van der Waals surface area (Å²) in [6.07, 6.45) is 2.30. The van der Waals surface area contributed by atoms with Gasteiger partial charge in [0.15, 0.2) is 11.5 Å². The Kier molecular flexibility index (Phi) is 8.46. The van der Waals surface area contributed by atoms with Crippen molar-refractivity contribution in [3.05, 3.63) is 97.7 Å². The van der Waals surface area contributed by atoms with Crippen LogP contribution in [0.5, 0.6) is 11.5 Å². The summed E-state index contributed by atoms with van der Waals surface area (Å²) in [6.45, 7) is 2.66. The van der Waals surface area contributed by atoms with E-state index in [1.165, 1.54) is 11.0 Å². The number of ether oxygens (including phenoxy) is 2. The molecule has 2 amide bonds. The van der Waals surface area contributed by atoms with Crippen molar-refractivity contribution in [1.82, 2.24) is 4.90 Å². The van der Waals surface area contributed by atoms with Gasteiger partial charge in [-0.1, -0.05) is 48.5 Å². The maximum Gasteiger partial charge on any atom is 0.293 e. The molecule has 0 N–H and O–H groups in total. The van der Waals surface area contributed by atoms with Crippen LogP contribution in [0.15, 0.2) is 71.6 Å². The molecular weight excluding hydrogens is 580 g/mol. The fourth-order valence-corrected chi connectivity index (χ4v) is 5.22. The lowest BCUT2D eigenvalue weighted by molar-refractivity contribution is -0.122. The lowest BCUT2D eigenvalue weighted by atomic mass is 10.1. The molecule has 3 aromatic rings. The number of benzene rings is 3. The average Bonchev–Trinajstić information content (AvgIpc) is 3.11. The zero-order valence-corrected chi connectivity index (χ0v) is 22.0. The monoisotopic (exact) mass is 603 g/mol. The lowest BCUT2D eigenvalue weighted by Crippen LogP contribution is -2.30. The highest BCUT2D eigenvalue weighted by Crippen LogP contribution is 2.38. The first-order valence-electron chi connectivity index (χ1n) is 11.1. The van der Waals surface area contributed by atoms with Gasteiger partial charge in [0.05, 0.1) is 15.1 Å². The summed E-state index contributed by atoms with van der Waals surface area (Å²) >= 11 is 3.06. The lowest BCUT2D eigenvalue weighted by Gasteiger charge is -2.15. The van der Waals surface area contributed by atoms with E-state index >= 15 is 0 Å². The second kappa shape index (κ2) is 11.7. The molecule has 1 saturated heterocycles. The minimum atomic E-state index is -0.333. The van der Waals surface area contributed by atoms with E-state index in [2.05, 4.69) is 22.6 Å². The van der Waals surface area contributed by atoms with E-state index in [1.54, 1.807) is 30.3 Å². The Morgan fingerprint density at radius 3 is 2.51 bits per heavy atom. The zero-order valence-electron chi connectivity index (χ0n) is 19.0. The summed E-state index contributed by atoms with van der Waals surface area (Å²) in [4.78, 5) is 27.1. The number of carbonyl (C=O) groups is 2. The number of imide groups is 1. The van der Waals surface area contributed by atoms with Gasteiger partial charge >= 0.3 is 0 Å². The highest BCUT2D eigenvalue weighted by atomic mass is 127. The predicted octanol–water partition coefficient (Wildman–Crippen LogP) is 6.69. The number of thioether (sulfide) groups is 1. The van der Waals surface area contributed by atoms with Crippen molar-refractivity contribution < 1.29 is 23.5 Å². The SMILES string of the molecule is CCOc1cc(/C=C2\SC(=O)N(CCc3ccccc3)C2=O)cc(I)c1OCc1ccccc1F. The van der Waals surface area contributed by atoms with Crippen LogP contribution in [0.2, 0.25) is 0 Å². The number of rotatable bonds is 9. The molecule has 1 aliphatic heterocycles. The van der Waals surface area contributed by atoms with E-state index in [4.69, 9.17) is 9.47 Å². The van der Waals surface area contributed by atoms with E-state index < -0.39 is 0 Å². The van der Waals surface area contributed by atoms with Crippen molar-refractivity contribution in [3.63, 3.8) is 0 Å². The Hall–Kier alpha value is -2.85.